The summed E-state index contributed by atoms with van der Waals surface area (Å²) in [7, 11) is 1.90. The van der Waals surface area contributed by atoms with Gasteiger partial charge < -0.3 is 19.7 Å². The van der Waals surface area contributed by atoms with E-state index in [-0.39, 0.29) is 12.8 Å². The molecule has 0 saturated carbocycles. The van der Waals surface area contributed by atoms with Crippen LogP contribution in [0.4, 0.5) is 0 Å². The van der Waals surface area contributed by atoms with Gasteiger partial charge in [0, 0.05) is 37.8 Å². The highest BCUT2D eigenvalue weighted by atomic mass is 32.1. The van der Waals surface area contributed by atoms with Crippen LogP contribution in [0.1, 0.15) is 19.2 Å². The summed E-state index contributed by atoms with van der Waals surface area (Å²) in [5.74, 6) is 1.88. The molecule has 8 nitrogen and oxygen atoms in total. The number of thiophene rings is 1. The van der Waals surface area contributed by atoms with E-state index < -0.39 is 6.10 Å². The predicted molar refractivity (Wildman–Crippen MR) is 124 cm³/mol. The van der Waals surface area contributed by atoms with Crippen molar-refractivity contribution < 1.29 is 10.2 Å². The lowest BCUT2D eigenvalue weighted by Gasteiger charge is -2.26. The minimum absolute atomic E-state index is 0.0188. The Hall–Kier alpha value is -2.46. The predicted octanol–water partition coefficient (Wildman–Crippen LogP) is 1.85. The number of rotatable bonds is 10. The van der Waals surface area contributed by atoms with Crippen molar-refractivity contribution in [3.8, 4) is 10.6 Å². The topological polar surface area (TPSA) is 89.1 Å². The summed E-state index contributed by atoms with van der Waals surface area (Å²) in [6.45, 7) is 3.65. The van der Waals surface area contributed by atoms with Crippen LogP contribution in [-0.2, 0) is 13.0 Å². The highest BCUT2D eigenvalue weighted by Crippen LogP contribution is 2.25. The molecule has 0 bridgehead atoms. The lowest BCUT2D eigenvalue weighted by atomic mass is 10.2. The Labute approximate surface area is 186 Å². The van der Waals surface area contributed by atoms with Crippen LogP contribution in [0, 0.1) is 0 Å². The summed E-state index contributed by atoms with van der Waals surface area (Å²) >= 11 is 1.66. The Bertz CT molecular complexity index is 965. The van der Waals surface area contributed by atoms with Gasteiger partial charge in [-0.3, -0.25) is 10.4 Å². The highest BCUT2D eigenvalue weighted by Gasteiger charge is 2.26. The van der Waals surface area contributed by atoms with Crippen LogP contribution in [0.25, 0.3) is 10.6 Å². The van der Waals surface area contributed by atoms with Crippen molar-refractivity contribution in [3.05, 3.63) is 53.5 Å². The van der Waals surface area contributed by atoms with Crippen molar-refractivity contribution in [2.45, 2.75) is 38.6 Å². The molecule has 9 heteroatoms. The minimum atomic E-state index is -0.547. The number of hydrogen-bond donors (Lipinski definition) is 3. The lowest BCUT2D eigenvalue weighted by Crippen LogP contribution is -2.39. The molecule has 0 aliphatic carbocycles. The van der Waals surface area contributed by atoms with Gasteiger partial charge in [-0.15, -0.1) is 11.3 Å². The van der Waals surface area contributed by atoms with Crippen LogP contribution in [0.2, 0.25) is 0 Å². The second-order valence-corrected chi connectivity index (χ2v) is 8.92. The van der Waals surface area contributed by atoms with E-state index in [1.54, 1.807) is 11.3 Å². The number of hydrazine groups is 1. The van der Waals surface area contributed by atoms with E-state index in [2.05, 4.69) is 40.1 Å². The lowest BCUT2D eigenvalue weighted by molar-refractivity contribution is 0.0998. The van der Waals surface area contributed by atoms with Crippen LogP contribution >= 0.6 is 11.3 Å². The van der Waals surface area contributed by atoms with Crippen molar-refractivity contribution in [1.82, 2.24) is 24.9 Å². The van der Waals surface area contributed by atoms with Crippen LogP contribution < -0.4 is 5.43 Å². The van der Waals surface area contributed by atoms with Crippen LogP contribution in [0.3, 0.4) is 0 Å². The molecule has 0 aromatic carbocycles. The zero-order chi connectivity index (χ0) is 21.8. The van der Waals surface area contributed by atoms with Crippen molar-refractivity contribution in [1.29, 1.82) is 0 Å². The molecule has 0 fully saturated rings. The Morgan fingerprint density at radius 1 is 1.35 bits per heavy atom. The van der Waals surface area contributed by atoms with E-state index in [1.807, 2.05) is 35.7 Å². The number of hydrogen-bond acceptors (Lipinski definition) is 8. The quantitative estimate of drug-likeness (QED) is 0.520. The van der Waals surface area contributed by atoms with Gasteiger partial charge in [-0.05, 0) is 37.6 Å². The molecule has 31 heavy (non-hydrogen) atoms. The van der Waals surface area contributed by atoms with Gasteiger partial charge in [-0.25, -0.2) is 9.98 Å². The second kappa shape index (κ2) is 9.78. The molecule has 2 aromatic heterocycles. The number of aliphatic imine (C=N–C) groups is 1. The average molecular weight is 443 g/mol. The standard InChI is InChI=1S/C22H30N6O2S/c1-16-5-3-7-22-24-20(25-28(16)22)8-9-21-23-18(19-6-4-12-31-19)15-27(21)14-17(30)13-26(2)10-11-29/h3-7,12,15,17,22,29-30H,8-11,13-14H2,1-2H3,(H,24,25)/t17-,22?/m0/s1. The minimum Gasteiger partial charge on any atom is -0.395 e. The number of nitrogens with zero attached hydrogens (tertiary/aromatic N) is 5. The molecule has 0 saturated heterocycles. The number of likely N-dealkylation sites (N-methyl/N-ethyl adjacent to an activating group) is 1. The molecule has 2 atom stereocenters. The molecule has 0 amide bonds. The number of nitrogens with one attached hydrogen (secondary N) is 1. The fourth-order valence-electron chi connectivity index (χ4n) is 3.86. The SMILES string of the molecule is CC1=CC=CC2N=C(CCc3nc(-c4cccs4)cn3C[C@@H](O)CN(C)CCO)NN12. The number of amidine groups is 1. The Morgan fingerprint density at radius 3 is 2.97 bits per heavy atom. The van der Waals surface area contributed by atoms with Crippen molar-refractivity contribution in [2.75, 3.05) is 26.7 Å². The second-order valence-electron chi connectivity index (χ2n) is 7.98. The smallest absolute Gasteiger partial charge is 0.160 e. The van der Waals surface area contributed by atoms with Gasteiger partial charge in [0.25, 0.3) is 0 Å². The van der Waals surface area contributed by atoms with E-state index >= 15 is 0 Å². The van der Waals surface area contributed by atoms with Crippen LogP contribution in [0.15, 0.2) is 52.6 Å². The fraction of sp³-hybridized carbons (Fsp3) is 0.455. The number of imidazole rings is 1. The molecule has 4 rings (SSSR count). The van der Waals surface area contributed by atoms with Gasteiger partial charge in [0.1, 0.15) is 11.7 Å². The zero-order valence-corrected chi connectivity index (χ0v) is 18.8. The van der Waals surface area contributed by atoms with E-state index in [9.17, 15) is 5.11 Å². The number of aliphatic hydroxyl groups is 2. The maximum Gasteiger partial charge on any atom is 0.160 e. The third kappa shape index (κ3) is 5.24. The zero-order valence-electron chi connectivity index (χ0n) is 18.0. The molecule has 2 aliphatic rings. The number of aliphatic hydroxyl groups excluding tert-OH is 2. The summed E-state index contributed by atoms with van der Waals surface area (Å²) in [5, 5.41) is 23.8. The summed E-state index contributed by atoms with van der Waals surface area (Å²) in [6.07, 6.45) is 9.15. The molecular formula is C22H30N6O2S. The molecule has 0 spiro atoms. The van der Waals surface area contributed by atoms with Gasteiger partial charge in [0.2, 0.25) is 0 Å². The first-order chi connectivity index (χ1) is 15.0. The maximum atomic E-state index is 10.6. The molecule has 166 valence electrons. The molecule has 2 aromatic rings. The largest absolute Gasteiger partial charge is 0.395 e. The molecular weight excluding hydrogens is 412 g/mol. The van der Waals surface area contributed by atoms with Crippen LogP contribution in [0.5, 0.6) is 0 Å². The van der Waals surface area contributed by atoms with Gasteiger partial charge in [0.05, 0.1) is 29.8 Å². The highest BCUT2D eigenvalue weighted by molar-refractivity contribution is 7.13. The number of aryl methyl sites for hydroxylation is 1. The normalized spacial score (nSPS) is 18.7. The van der Waals surface area contributed by atoms with Crippen molar-refractivity contribution in [2.24, 2.45) is 4.99 Å². The number of fused-ring (bicyclic) bond motifs is 1. The summed E-state index contributed by atoms with van der Waals surface area (Å²) in [6, 6.07) is 4.09. The number of aromatic nitrogens is 2. The fourth-order valence-corrected chi connectivity index (χ4v) is 4.54. The van der Waals surface area contributed by atoms with Gasteiger partial charge in [-0.1, -0.05) is 12.1 Å². The van der Waals surface area contributed by atoms with E-state index in [4.69, 9.17) is 15.1 Å². The van der Waals surface area contributed by atoms with Crippen LogP contribution in [-0.4, -0.2) is 74.5 Å². The summed E-state index contributed by atoms with van der Waals surface area (Å²) in [5.41, 5.74) is 5.47. The molecule has 2 aliphatic heterocycles. The molecule has 3 N–H and O–H groups in total. The Morgan fingerprint density at radius 2 is 2.23 bits per heavy atom. The van der Waals surface area contributed by atoms with Crippen molar-refractivity contribution in [3.63, 3.8) is 0 Å². The van der Waals surface area contributed by atoms with Gasteiger partial charge in [-0.2, -0.15) is 0 Å². The molecule has 0 radical (unpaired) electrons. The Kier molecular flexibility index (Phi) is 6.86. The van der Waals surface area contributed by atoms with E-state index in [0.717, 1.165) is 40.8 Å². The average Bonchev–Trinajstić information content (AvgIpc) is 3.46. The van der Waals surface area contributed by atoms with Gasteiger partial charge in [0.15, 0.2) is 6.17 Å². The monoisotopic (exact) mass is 442 g/mol. The molecule has 4 heterocycles. The first-order valence-corrected chi connectivity index (χ1v) is 11.5. The number of allylic oxidation sites excluding steroid dienone is 3. The molecule has 1 unspecified atom stereocenters. The first kappa shape index (κ1) is 21.8. The summed E-state index contributed by atoms with van der Waals surface area (Å²) < 4.78 is 2.06. The summed E-state index contributed by atoms with van der Waals surface area (Å²) in [4.78, 5) is 12.7. The third-order valence-corrected chi connectivity index (χ3v) is 6.32. The Balaban J connectivity index is 1.45. The van der Waals surface area contributed by atoms with Crippen molar-refractivity contribution >= 4 is 17.2 Å². The van der Waals surface area contributed by atoms with E-state index in [0.29, 0.717) is 19.6 Å². The van der Waals surface area contributed by atoms with E-state index in [1.165, 1.54) is 0 Å². The maximum absolute atomic E-state index is 10.6. The first-order valence-electron chi connectivity index (χ1n) is 10.6. The third-order valence-electron chi connectivity index (χ3n) is 5.43. The van der Waals surface area contributed by atoms with Gasteiger partial charge >= 0.3 is 0 Å².